The molecule has 0 spiro atoms. The first-order valence-corrected chi connectivity index (χ1v) is 8.62. The monoisotopic (exact) mass is 319 g/mol. The molecule has 0 radical (unpaired) electrons. The molecule has 2 heterocycles. The lowest BCUT2D eigenvalue weighted by molar-refractivity contribution is -0.134. The highest BCUT2D eigenvalue weighted by atomic mass is 32.2. The Hall–Kier alpha value is -1.53. The number of fused-ring (bicyclic) bond motifs is 1. The summed E-state index contributed by atoms with van der Waals surface area (Å²) >= 11 is 1.49. The third kappa shape index (κ3) is 3.28. The van der Waals surface area contributed by atoms with Gasteiger partial charge in [-0.3, -0.25) is 9.59 Å². The molecule has 1 fully saturated rings. The quantitative estimate of drug-likeness (QED) is 0.920. The number of carbonyl (C=O) groups excluding carboxylic acids is 2. The molecule has 2 aliphatic heterocycles. The number of hydrogen-bond acceptors (Lipinski definition) is 4. The topological polar surface area (TPSA) is 52.6 Å². The molecular weight excluding hydrogens is 298 g/mol. The fourth-order valence-electron chi connectivity index (χ4n) is 2.83. The summed E-state index contributed by atoms with van der Waals surface area (Å²) in [5, 5.41) is 2.57. The zero-order valence-electron chi connectivity index (χ0n) is 12.7. The first-order chi connectivity index (χ1) is 10.7. The summed E-state index contributed by atoms with van der Waals surface area (Å²) < 4.78 is 0. The molecule has 2 aliphatic rings. The van der Waals surface area contributed by atoms with Gasteiger partial charge >= 0.3 is 0 Å². The second-order valence-electron chi connectivity index (χ2n) is 5.61. The Labute approximate surface area is 135 Å². The van der Waals surface area contributed by atoms with Gasteiger partial charge in [0.2, 0.25) is 11.8 Å². The van der Waals surface area contributed by atoms with Gasteiger partial charge in [0.15, 0.2) is 0 Å². The Kier molecular flexibility index (Phi) is 4.69. The smallest absolute Gasteiger partial charge is 0.238 e. The summed E-state index contributed by atoms with van der Waals surface area (Å²) in [4.78, 5) is 29.9. The SMILES string of the molecule is CCN1CCN(C(=O)CC2Sc3ccccc3NC2=O)CC1. The van der Waals surface area contributed by atoms with Crippen LogP contribution in [0, 0.1) is 0 Å². The summed E-state index contributed by atoms with van der Waals surface area (Å²) in [6, 6.07) is 7.73. The van der Waals surface area contributed by atoms with E-state index in [-0.39, 0.29) is 23.5 Å². The van der Waals surface area contributed by atoms with Crippen LogP contribution in [0.2, 0.25) is 0 Å². The van der Waals surface area contributed by atoms with Gasteiger partial charge in [-0.2, -0.15) is 0 Å². The van der Waals surface area contributed by atoms with Crippen molar-refractivity contribution < 1.29 is 9.59 Å². The number of anilines is 1. The van der Waals surface area contributed by atoms with Gasteiger partial charge in [-0.15, -0.1) is 11.8 Å². The van der Waals surface area contributed by atoms with Gasteiger partial charge in [0.05, 0.1) is 10.9 Å². The molecule has 1 aromatic carbocycles. The molecule has 118 valence electrons. The summed E-state index contributed by atoms with van der Waals surface area (Å²) in [5.41, 5.74) is 0.845. The minimum atomic E-state index is -0.327. The van der Waals surface area contributed by atoms with Crippen LogP contribution in [-0.2, 0) is 9.59 Å². The molecule has 1 saturated heterocycles. The minimum absolute atomic E-state index is 0.0655. The molecule has 1 atom stereocenters. The number of amides is 2. The number of thioether (sulfide) groups is 1. The Bertz CT molecular complexity index is 570. The van der Waals surface area contributed by atoms with Gasteiger partial charge in [0.1, 0.15) is 0 Å². The fourth-order valence-corrected chi connectivity index (χ4v) is 3.93. The molecule has 22 heavy (non-hydrogen) atoms. The van der Waals surface area contributed by atoms with Gasteiger partial charge in [-0.25, -0.2) is 0 Å². The Morgan fingerprint density at radius 1 is 1.27 bits per heavy atom. The van der Waals surface area contributed by atoms with Crippen molar-refractivity contribution in [2.24, 2.45) is 0 Å². The Balaban J connectivity index is 1.59. The third-order valence-corrected chi connectivity index (χ3v) is 5.51. The van der Waals surface area contributed by atoms with E-state index >= 15 is 0 Å². The molecule has 0 aliphatic carbocycles. The number of para-hydroxylation sites is 1. The lowest BCUT2D eigenvalue weighted by atomic mass is 10.2. The second kappa shape index (κ2) is 6.71. The highest BCUT2D eigenvalue weighted by Gasteiger charge is 2.31. The first kappa shape index (κ1) is 15.4. The molecule has 1 aromatic rings. The number of carbonyl (C=O) groups is 2. The largest absolute Gasteiger partial charge is 0.340 e. The minimum Gasteiger partial charge on any atom is -0.340 e. The van der Waals surface area contributed by atoms with E-state index in [1.165, 1.54) is 11.8 Å². The number of rotatable bonds is 3. The fraction of sp³-hybridized carbons (Fsp3) is 0.500. The number of nitrogens with one attached hydrogen (secondary N) is 1. The molecule has 3 rings (SSSR count). The maximum Gasteiger partial charge on any atom is 0.238 e. The molecule has 0 saturated carbocycles. The van der Waals surface area contributed by atoms with Crippen LogP contribution in [0.5, 0.6) is 0 Å². The van der Waals surface area contributed by atoms with Gasteiger partial charge < -0.3 is 15.1 Å². The van der Waals surface area contributed by atoms with Crippen molar-refractivity contribution in [1.29, 1.82) is 0 Å². The molecule has 5 nitrogen and oxygen atoms in total. The van der Waals surface area contributed by atoms with Crippen LogP contribution >= 0.6 is 11.8 Å². The van der Waals surface area contributed by atoms with Crippen LogP contribution in [0.1, 0.15) is 13.3 Å². The maximum atomic E-state index is 12.4. The van der Waals surface area contributed by atoms with Crippen molar-refractivity contribution >= 4 is 29.3 Å². The third-order valence-electron chi connectivity index (χ3n) is 4.24. The van der Waals surface area contributed by atoms with Gasteiger partial charge in [-0.05, 0) is 18.7 Å². The summed E-state index contributed by atoms with van der Waals surface area (Å²) in [7, 11) is 0. The van der Waals surface area contributed by atoms with Crippen LogP contribution in [0.15, 0.2) is 29.2 Å². The Morgan fingerprint density at radius 3 is 2.73 bits per heavy atom. The second-order valence-corrected chi connectivity index (χ2v) is 6.86. The maximum absolute atomic E-state index is 12.4. The van der Waals surface area contributed by atoms with E-state index < -0.39 is 0 Å². The predicted octanol–water partition coefficient (Wildman–Crippen LogP) is 1.65. The number of hydrogen-bond donors (Lipinski definition) is 1. The molecule has 0 aromatic heterocycles. The molecule has 2 amide bonds. The first-order valence-electron chi connectivity index (χ1n) is 7.74. The Morgan fingerprint density at radius 2 is 2.00 bits per heavy atom. The van der Waals surface area contributed by atoms with Crippen molar-refractivity contribution in [3.8, 4) is 0 Å². The van der Waals surface area contributed by atoms with E-state index in [1.54, 1.807) is 0 Å². The highest BCUT2D eigenvalue weighted by Crippen LogP contribution is 2.36. The molecule has 0 bridgehead atoms. The molecule has 6 heteroatoms. The molecule has 1 N–H and O–H groups in total. The van der Waals surface area contributed by atoms with Crippen molar-refractivity contribution in [2.45, 2.75) is 23.5 Å². The predicted molar refractivity (Wildman–Crippen MR) is 88.0 cm³/mol. The van der Waals surface area contributed by atoms with Crippen molar-refractivity contribution in [2.75, 3.05) is 38.0 Å². The van der Waals surface area contributed by atoms with E-state index in [0.717, 1.165) is 43.3 Å². The van der Waals surface area contributed by atoms with Gasteiger partial charge in [0.25, 0.3) is 0 Å². The number of likely N-dealkylation sites (N-methyl/N-ethyl adjacent to an activating group) is 1. The van der Waals surface area contributed by atoms with Crippen LogP contribution in [0.25, 0.3) is 0 Å². The van der Waals surface area contributed by atoms with Crippen LogP contribution < -0.4 is 5.32 Å². The summed E-state index contributed by atoms with van der Waals surface area (Å²) in [5.74, 6) is 0.0204. The summed E-state index contributed by atoms with van der Waals surface area (Å²) in [6.07, 6.45) is 0.275. The number of benzene rings is 1. The zero-order valence-corrected chi connectivity index (χ0v) is 13.6. The number of nitrogens with zero attached hydrogens (tertiary/aromatic N) is 2. The highest BCUT2D eigenvalue weighted by molar-refractivity contribution is 8.01. The van der Waals surface area contributed by atoms with Crippen LogP contribution in [0.4, 0.5) is 5.69 Å². The lowest BCUT2D eigenvalue weighted by Crippen LogP contribution is -2.49. The van der Waals surface area contributed by atoms with E-state index in [2.05, 4.69) is 17.1 Å². The van der Waals surface area contributed by atoms with E-state index in [4.69, 9.17) is 0 Å². The normalized spacial score (nSPS) is 22.1. The van der Waals surface area contributed by atoms with Gasteiger partial charge in [0, 0.05) is 37.5 Å². The van der Waals surface area contributed by atoms with Crippen LogP contribution in [-0.4, -0.2) is 59.6 Å². The summed E-state index contributed by atoms with van der Waals surface area (Å²) in [6.45, 7) is 6.55. The standard InChI is InChI=1S/C16H21N3O2S/c1-2-18-7-9-19(10-8-18)15(20)11-14-16(21)17-12-5-3-4-6-13(12)22-14/h3-6,14H,2,7-11H2,1H3,(H,17,21). The van der Waals surface area contributed by atoms with E-state index in [1.807, 2.05) is 29.2 Å². The van der Waals surface area contributed by atoms with E-state index in [9.17, 15) is 9.59 Å². The average molecular weight is 319 g/mol. The molecule has 1 unspecified atom stereocenters. The van der Waals surface area contributed by atoms with Crippen molar-refractivity contribution in [3.05, 3.63) is 24.3 Å². The molecular formula is C16H21N3O2S. The van der Waals surface area contributed by atoms with Crippen molar-refractivity contribution in [3.63, 3.8) is 0 Å². The van der Waals surface area contributed by atoms with Crippen molar-refractivity contribution in [1.82, 2.24) is 9.80 Å². The average Bonchev–Trinajstić information content (AvgIpc) is 2.55. The number of piperazine rings is 1. The zero-order chi connectivity index (χ0) is 15.5. The lowest BCUT2D eigenvalue weighted by Gasteiger charge is -2.35. The van der Waals surface area contributed by atoms with E-state index in [0.29, 0.717) is 0 Å². The van der Waals surface area contributed by atoms with Gasteiger partial charge in [-0.1, -0.05) is 19.1 Å². The van der Waals surface area contributed by atoms with Crippen LogP contribution in [0.3, 0.4) is 0 Å².